The Kier molecular flexibility index (Phi) is 6.22. The van der Waals surface area contributed by atoms with Crippen molar-refractivity contribution in [1.29, 1.82) is 0 Å². The summed E-state index contributed by atoms with van der Waals surface area (Å²) in [4.78, 5) is 27.1. The summed E-state index contributed by atoms with van der Waals surface area (Å²) >= 11 is 1.02. The Morgan fingerprint density at radius 2 is 1.75 bits per heavy atom. The predicted molar refractivity (Wildman–Crippen MR) is 116 cm³/mol. The van der Waals surface area contributed by atoms with E-state index in [1.54, 1.807) is 12.1 Å². The molecule has 3 aromatic rings. The number of benzene rings is 1. The van der Waals surface area contributed by atoms with Crippen LogP contribution in [0.1, 0.15) is 45.1 Å². The number of carbonyl (C=O) groups excluding carboxylic acids is 2. The number of nitrogens with one attached hydrogen (secondary N) is 2. The molecular formula is C22H20F3N3O3S. The van der Waals surface area contributed by atoms with Crippen LogP contribution >= 0.6 is 11.3 Å². The molecule has 32 heavy (non-hydrogen) atoms. The van der Waals surface area contributed by atoms with Crippen LogP contribution in [0.4, 0.5) is 29.5 Å². The molecule has 0 bridgehead atoms. The number of thiophene rings is 1. The Bertz CT molecular complexity index is 1100. The topological polar surface area (TPSA) is 74.6 Å². The molecule has 0 saturated carbocycles. The summed E-state index contributed by atoms with van der Waals surface area (Å²) in [6.07, 6.45) is -0.194. The van der Waals surface area contributed by atoms with Gasteiger partial charge in [0.2, 0.25) is 0 Å². The van der Waals surface area contributed by atoms with Crippen LogP contribution in [0.25, 0.3) is 0 Å². The van der Waals surface area contributed by atoms with Crippen LogP contribution < -0.4 is 15.5 Å². The molecule has 0 aliphatic carbocycles. The minimum atomic E-state index is -4.52. The summed E-state index contributed by atoms with van der Waals surface area (Å²) in [6, 6.07) is 9.56. The summed E-state index contributed by atoms with van der Waals surface area (Å²) in [7, 11) is 0. The van der Waals surface area contributed by atoms with Crippen molar-refractivity contribution < 1.29 is 27.2 Å². The first-order valence-corrected chi connectivity index (χ1v) is 10.8. The second-order valence-electron chi connectivity index (χ2n) is 7.33. The van der Waals surface area contributed by atoms with Crippen molar-refractivity contribution in [1.82, 2.24) is 0 Å². The van der Waals surface area contributed by atoms with Gasteiger partial charge in [0.1, 0.15) is 0 Å². The van der Waals surface area contributed by atoms with Crippen LogP contribution in [0.2, 0.25) is 0 Å². The van der Waals surface area contributed by atoms with Crippen LogP contribution in [-0.2, 0) is 6.18 Å². The van der Waals surface area contributed by atoms with E-state index in [1.165, 1.54) is 24.5 Å². The van der Waals surface area contributed by atoms with Crippen LogP contribution in [-0.4, -0.2) is 24.9 Å². The van der Waals surface area contributed by atoms with E-state index in [1.807, 2.05) is 4.90 Å². The summed E-state index contributed by atoms with van der Waals surface area (Å²) in [5.74, 6) is -0.889. The number of rotatable bonds is 5. The Labute approximate surface area is 186 Å². The maximum atomic E-state index is 13.3. The standard InChI is InChI=1S/C22H20F3N3O3S/c23-22(24,25)14-6-7-16(28-10-2-1-3-11-28)15(13-14)26-21(30)18-8-9-19(32-18)27-20(29)17-5-4-12-31-17/h4-9,12-13H,1-3,10-11H2,(H,26,30)(H,27,29). The Balaban J connectivity index is 1.54. The van der Waals surface area contributed by atoms with Crippen LogP contribution in [0, 0.1) is 0 Å². The van der Waals surface area contributed by atoms with E-state index in [2.05, 4.69) is 10.6 Å². The van der Waals surface area contributed by atoms with E-state index < -0.39 is 23.6 Å². The highest BCUT2D eigenvalue weighted by Crippen LogP contribution is 2.37. The van der Waals surface area contributed by atoms with Crippen molar-refractivity contribution in [3.8, 4) is 0 Å². The molecule has 168 valence electrons. The maximum Gasteiger partial charge on any atom is 0.416 e. The fourth-order valence-corrected chi connectivity index (χ4v) is 4.31. The highest BCUT2D eigenvalue weighted by Gasteiger charge is 2.32. The first-order valence-electron chi connectivity index (χ1n) is 10.0. The predicted octanol–water partition coefficient (Wildman–Crippen LogP) is 5.85. The Hall–Kier alpha value is -3.27. The second kappa shape index (κ2) is 9.07. The number of furan rings is 1. The summed E-state index contributed by atoms with van der Waals surface area (Å²) in [5, 5.41) is 5.67. The van der Waals surface area contributed by atoms with Gasteiger partial charge in [-0.15, -0.1) is 11.3 Å². The lowest BCUT2D eigenvalue weighted by molar-refractivity contribution is -0.137. The number of hydrogen-bond acceptors (Lipinski definition) is 5. The Morgan fingerprint density at radius 1 is 0.969 bits per heavy atom. The quantitative estimate of drug-likeness (QED) is 0.497. The molecule has 1 saturated heterocycles. The molecule has 0 unspecified atom stereocenters. The zero-order valence-corrected chi connectivity index (χ0v) is 17.7. The van der Waals surface area contributed by atoms with E-state index >= 15 is 0 Å². The van der Waals surface area contributed by atoms with Crippen LogP contribution in [0.15, 0.2) is 53.1 Å². The number of piperidine rings is 1. The lowest BCUT2D eigenvalue weighted by Crippen LogP contribution is -2.30. The third-order valence-electron chi connectivity index (χ3n) is 5.08. The van der Waals surface area contributed by atoms with Crippen molar-refractivity contribution in [3.63, 3.8) is 0 Å². The van der Waals surface area contributed by atoms with E-state index in [0.29, 0.717) is 10.7 Å². The average Bonchev–Trinajstić information content (AvgIpc) is 3.46. The molecule has 4 rings (SSSR count). The van der Waals surface area contributed by atoms with Crippen molar-refractivity contribution >= 4 is 39.5 Å². The van der Waals surface area contributed by atoms with E-state index in [0.717, 1.165) is 55.8 Å². The normalized spacial score (nSPS) is 14.3. The highest BCUT2D eigenvalue weighted by molar-refractivity contribution is 7.18. The number of amides is 2. The van der Waals surface area contributed by atoms with E-state index in [9.17, 15) is 22.8 Å². The molecule has 0 radical (unpaired) electrons. The molecule has 1 fully saturated rings. The molecule has 0 atom stereocenters. The molecule has 2 amide bonds. The minimum absolute atomic E-state index is 0.112. The molecule has 3 heterocycles. The van der Waals surface area contributed by atoms with Gasteiger partial charge >= 0.3 is 6.18 Å². The smallest absolute Gasteiger partial charge is 0.416 e. The molecule has 1 aromatic carbocycles. The number of hydrogen-bond donors (Lipinski definition) is 2. The van der Waals surface area contributed by atoms with Gasteiger partial charge in [-0.2, -0.15) is 13.2 Å². The minimum Gasteiger partial charge on any atom is -0.459 e. The maximum absolute atomic E-state index is 13.3. The SMILES string of the molecule is O=C(Nc1ccc(C(=O)Nc2cc(C(F)(F)F)ccc2N2CCCCC2)s1)c1ccco1. The van der Waals surface area contributed by atoms with Gasteiger partial charge in [0.25, 0.3) is 11.8 Å². The van der Waals surface area contributed by atoms with Gasteiger partial charge in [0.05, 0.1) is 33.1 Å². The molecule has 0 spiro atoms. The zero-order valence-electron chi connectivity index (χ0n) is 16.9. The summed E-state index contributed by atoms with van der Waals surface area (Å²) in [5.41, 5.74) is -0.151. The number of nitrogens with zero attached hydrogens (tertiary/aromatic N) is 1. The van der Waals surface area contributed by atoms with Crippen LogP contribution in [0.3, 0.4) is 0 Å². The third-order valence-corrected chi connectivity index (χ3v) is 6.08. The molecule has 2 aromatic heterocycles. The number of carbonyl (C=O) groups is 2. The van der Waals surface area contributed by atoms with Gasteiger partial charge in [0.15, 0.2) is 5.76 Å². The van der Waals surface area contributed by atoms with Gasteiger partial charge in [-0.3, -0.25) is 9.59 Å². The monoisotopic (exact) mass is 463 g/mol. The number of alkyl halides is 3. The average molecular weight is 463 g/mol. The van der Waals surface area contributed by atoms with Crippen molar-refractivity contribution in [2.45, 2.75) is 25.4 Å². The largest absolute Gasteiger partial charge is 0.459 e. The summed E-state index contributed by atoms with van der Waals surface area (Å²) < 4.78 is 44.8. The fraction of sp³-hybridized carbons (Fsp3) is 0.273. The van der Waals surface area contributed by atoms with Crippen molar-refractivity contribution in [3.05, 3.63) is 64.9 Å². The fourth-order valence-electron chi connectivity index (χ4n) is 3.52. The van der Waals surface area contributed by atoms with Crippen molar-refractivity contribution in [2.75, 3.05) is 28.6 Å². The molecule has 1 aliphatic rings. The van der Waals surface area contributed by atoms with Gasteiger partial charge in [0, 0.05) is 13.1 Å². The number of anilines is 3. The first kappa shape index (κ1) is 21.9. The zero-order chi connectivity index (χ0) is 22.7. The van der Waals surface area contributed by atoms with Crippen LogP contribution in [0.5, 0.6) is 0 Å². The first-order chi connectivity index (χ1) is 15.3. The van der Waals surface area contributed by atoms with Crippen molar-refractivity contribution in [2.24, 2.45) is 0 Å². The third kappa shape index (κ3) is 4.96. The Morgan fingerprint density at radius 3 is 2.44 bits per heavy atom. The van der Waals surface area contributed by atoms with E-state index in [-0.39, 0.29) is 16.3 Å². The molecule has 6 nitrogen and oxygen atoms in total. The summed E-state index contributed by atoms with van der Waals surface area (Å²) in [6.45, 7) is 1.44. The lowest BCUT2D eigenvalue weighted by atomic mass is 10.1. The van der Waals surface area contributed by atoms with Gasteiger partial charge in [-0.1, -0.05) is 0 Å². The van der Waals surface area contributed by atoms with Gasteiger partial charge in [-0.25, -0.2) is 0 Å². The van der Waals surface area contributed by atoms with Gasteiger partial charge in [-0.05, 0) is 61.7 Å². The van der Waals surface area contributed by atoms with E-state index in [4.69, 9.17) is 4.42 Å². The molecule has 1 aliphatic heterocycles. The second-order valence-corrected chi connectivity index (χ2v) is 8.41. The molecule has 10 heteroatoms. The van der Waals surface area contributed by atoms with Gasteiger partial charge < -0.3 is 20.0 Å². The highest BCUT2D eigenvalue weighted by atomic mass is 32.1. The molecular weight excluding hydrogens is 443 g/mol. The molecule has 2 N–H and O–H groups in total. The number of halogens is 3. The lowest BCUT2D eigenvalue weighted by Gasteiger charge is -2.31.